The molecule has 0 aromatic carbocycles. The molecule has 0 spiro atoms. The Kier molecular flexibility index (Phi) is 4.74. The molecule has 1 aliphatic heterocycles. The van der Waals surface area contributed by atoms with Crippen LogP contribution in [0.4, 0.5) is 0 Å². The van der Waals surface area contributed by atoms with Gasteiger partial charge in [-0.1, -0.05) is 20.3 Å². The van der Waals surface area contributed by atoms with Gasteiger partial charge in [0.1, 0.15) is 0 Å². The van der Waals surface area contributed by atoms with Crippen molar-refractivity contribution in [2.24, 2.45) is 0 Å². The highest BCUT2D eigenvalue weighted by Gasteiger charge is 2.16. The monoisotopic (exact) mass is 184 g/mol. The van der Waals surface area contributed by atoms with Crippen LogP contribution in [0.3, 0.4) is 0 Å². The van der Waals surface area contributed by atoms with Crippen LogP contribution in [0.25, 0.3) is 0 Å². The second-order valence-corrected chi connectivity index (χ2v) is 4.49. The van der Waals surface area contributed by atoms with Gasteiger partial charge in [-0.25, -0.2) is 0 Å². The van der Waals surface area contributed by atoms with E-state index >= 15 is 0 Å². The maximum absolute atomic E-state index is 3.47. The van der Waals surface area contributed by atoms with Crippen LogP contribution in [0.1, 0.15) is 40.0 Å². The first-order valence-electron chi connectivity index (χ1n) is 5.67. The van der Waals surface area contributed by atoms with E-state index in [4.69, 9.17) is 0 Å². The van der Waals surface area contributed by atoms with Gasteiger partial charge in [0.25, 0.3) is 0 Å². The number of rotatable bonds is 4. The van der Waals surface area contributed by atoms with Crippen LogP contribution in [0.15, 0.2) is 0 Å². The molecule has 13 heavy (non-hydrogen) atoms. The Morgan fingerprint density at radius 1 is 1.38 bits per heavy atom. The molecule has 1 rings (SSSR count). The van der Waals surface area contributed by atoms with Crippen molar-refractivity contribution in [3.8, 4) is 0 Å². The summed E-state index contributed by atoms with van der Waals surface area (Å²) < 4.78 is 0. The summed E-state index contributed by atoms with van der Waals surface area (Å²) in [6.45, 7) is 10.4. The van der Waals surface area contributed by atoms with Gasteiger partial charge in [0, 0.05) is 25.2 Å². The fourth-order valence-electron chi connectivity index (χ4n) is 1.99. The molecule has 0 aliphatic carbocycles. The zero-order valence-electron chi connectivity index (χ0n) is 9.34. The van der Waals surface area contributed by atoms with Crippen LogP contribution in [0.2, 0.25) is 0 Å². The first kappa shape index (κ1) is 11.0. The van der Waals surface area contributed by atoms with E-state index in [9.17, 15) is 0 Å². The first-order valence-corrected chi connectivity index (χ1v) is 5.67. The highest BCUT2D eigenvalue weighted by molar-refractivity contribution is 4.73. The van der Waals surface area contributed by atoms with Crippen molar-refractivity contribution >= 4 is 0 Å². The van der Waals surface area contributed by atoms with Crippen LogP contribution in [0, 0.1) is 0 Å². The molecule has 2 nitrogen and oxygen atoms in total. The Bertz CT molecular complexity index is 134. The Morgan fingerprint density at radius 2 is 2.15 bits per heavy atom. The SMILES string of the molecule is CC(C)NCCN1CCCC[C@@H]1C. The van der Waals surface area contributed by atoms with Crippen LogP contribution >= 0.6 is 0 Å². The molecule has 1 fully saturated rings. The van der Waals surface area contributed by atoms with Gasteiger partial charge in [0.2, 0.25) is 0 Å². The lowest BCUT2D eigenvalue weighted by molar-refractivity contribution is 0.160. The molecule has 0 amide bonds. The lowest BCUT2D eigenvalue weighted by Crippen LogP contribution is -2.42. The van der Waals surface area contributed by atoms with Gasteiger partial charge >= 0.3 is 0 Å². The number of nitrogens with zero attached hydrogens (tertiary/aromatic N) is 1. The first-order chi connectivity index (χ1) is 6.20. The highest BCUT2D eigenvalue weighted by atomic mass is 15.2. The molecule has 1 heterocycles. The summed E-state index contributed by atoms with van der Waals surface area (Å²) in [6, 6.07) is 1.43. The average Bonchev–Trinajstić information content (AvgIpc) is 2.08. The molecule has 1 N–H and O–H groups in total. The van der Waals surface area contributed by atoms with Crippen LogP contribution < -0.4 is 5.32 Å². The zero-order valence-corrected chi connectivity index (χ0v) is 9.34. The van der Waals surface area contributed by atoms with Crippen molar-refractivity contribution in [1.29, 1.82) is 0 Å². The molecule has 78 valence electrons. The lowest BCUT2D eigenvalue weighted by atomic mass is 10.0. The minimum atomic E-state index is 0.625. The molecule has 1 saturated heterocycles. The van der Waals surface area contributed by atoms with Gasteiger partial charge in [-0.05, 0) is 26.3 Å². The second-order valence-electron chi connectivity index (χ2n) is 4.49. The number of nitrogens with one attached hydrogen (secondary N) is 1. The molecule has 0 aromatic heterocycles. The summed E-state index contributed by atoms with van der Waals surface area (Å²) in [5.41, 5.74) is 0. The van der Waals surface area contributed by atoms with Gasteiger partial charge in [-0.2, -0.15) is 0 Å². The molecule has 1 atom stereocenters. The third-order valence-corrected chi connectivity index (χ3v) is 2.89. The second kappa shape index (κ2) is 5.61. The maximum Gasteiger partial charge on any atom is 0.0110 e. The van der Waals surface area contributed by atoms with E-state index in [1.165, 1.54) is 32.4 Å². The van der Waals surface area contributed by atoms with E-state index in [0.29, 0.717) is 6.04 Å². The molecule has 1 aliphatic rings. The minimum Gasteiger partial charge on any atom is -0.313 e. The van der Waals surface area contributed by atoms with Crippen LogP contribution in [0.5, 0.6) is 0 Å². The van der Waals surface area contributed by atoms with E-state index < -0.39 is 0 Å². The number of hydrogen-bond donors (Lipinski definition) is 1. The zero-order chi connectivity index (χ0) is 9.68. The largest absolute Gasteiger partial charge is 0.313 e. The van der Waals surface area contributed by atoms with Crippen molar-refractivity contribution in [1.82, 2.24) is 10.2 Å². The van der Waals surface area contributed by atoms with Gasteiger partial charge in [-0.3, -0.25) is 4.90 Å². The molecule has 0 radical (unpaired) electrons. The van der Waals surface area contributed by atoms with Crippen molar-refractivity contribution in [2.45, 2.75) is 52.1 Å². The standard InChI is InChI=1S/C11H24N2/c1-10(2)12-7-9-13-8-5-4-6-11(13)3/h10-12H,4-9H2,1-3H3/t11-/m0/s1. The number of piperidine rings is 1. The predicted molar refractivity (Wildman–Crippen MR) is 58.0 cm³/mol. The van der Waals surface area contributed by atoms with Crippen LogP contribution in [-0.2, 0) is 0 Å². The smallest absolute Gasteiger partial charge is 0.0110 e. The summed E-state index contributed by atoms with van der Waals surface area (Å²) in [4.78, 5) is 2.61. The number of likely N-dealkylation sites (tertiary alicyclic amines) is 1. The third-order valence-electron chi connectivity index (χ3n) is 2.89. The maximum atomic E-state index is 3.47. The molecule has 2 heteroatoms. The molecule has 0 bridgehead atoms. The van der Waals surface area contributed by atoms with E-state index in [-0.39, 0.29) is 0 Å². The van der Waals surface area contributed by atoms with E-state index in [1.807, 2.05) is 0 Å². The van der Waals surface area contributed by atoms with Gasteiger partial charge < -0.3 is 5.32 Å². The fourth-order valence-corrected chi connectivity index (χ4v) is 1.99. The van der Waals surface area contributed by atoms with Gasteiger partial charge in [0.15, 0.2) is 0 Å². The van der Waals surface area contributed by atoms with E-state index in [0.717, 1.165) is 12.6 Å². The van der Waals surface area contributed by atoms with Crippen molar-refractivity contribution in [2.75, 3.05) is 19.6 Å². The minimum absolute atomic E-state index is 0.625. The van der Waals surface area contributed by atoms with Crippen LogP contribution in [-0.4, -0.2) is 36.6 Å². The molecule has 0 aromatic rings. The summed E-state index contributed by atoms with van der Waals surface area (Å²) >= 11 is 0. The van der Waals surface area contributed by atoms with Crippen molar-refractivity contribution < 1.29 is 0 Å². The summed E-state index contributed by atoms with van der Waals surface area (Å²) in [7, 11) is 0. The predicted octanol–water partition coefficient (Wildman–Crippen LogP) is 1.86. The summed E-state index contributed by atoms with van der Waals surface area (Å²) in [6.07, 6.45) is 4.21. The average molecular weight is 184 g/mol. The molecule has 0 saturated carbocycles. The lowest BCUT2D eigenvalue weighted by Gasteiger charge is -2.33. The van der Waals surface area contributed by atoms with Gasteiger partial charge in [-0.15, -0.1) is 0 Å². The summed E-state index contributed by atoms with van der Waals surface area (Å²) in [5.74, 6) is 0. The molecular formula is C11H24N2. The van der Waals surface area contributed by atoms with E-state index in [2.05, 4.69) is 31.0 Å². The number of hydrogen-bond acceptors (Lipinski definition) is 2. The summed E-state index contributed by atoms with van der Waals surface area (Å²) in [5, 5.41) is 3.47. The van der Waals surface area contributed by atoms with Crippen molar-refractivity contribution in [3.05, 3.63) is 0 Å². The van der Waals surface area contributed by atoms with Crippen molar-refractivity contribution in [3.63, 3.8) is 0 Å². The Morgan fingerprint density at radius 3 is 2.77 bits per heavy atom. The fraction of sp³-hybridized carbons (Fsp3) is 1.00. The topological polar surface area (TPSA) is 15.3 Å². The molecule has 0 unspecified atom stereocenters. The van der Waals surface area contributed by atoms with E-state index in [1.54, 1.807) is 0 Å². The third kappa shape index (κ3) is 4.10. The van der Waals surface area contributed by atoms with Gasteiger partial charge in [0.05, 0.1) is 0 Å². The Labute approximate surface area is 82.7 Å². The highest BCUT2D eigenvalue weighted by Crippen LogP contribution is 2.15. The Hall–Kier alpha value is -0.0800. The Balaban J connectivity index is 2.11. The normalized spacial score (nSPS) is 25.4. The quantitative estimate of drug-likeness (QED) is 0.717. The molecular weight excluding hydrogens is 160 g/mol.